The number of ether oxygens (including phenoxy) is 4. The molecule has 65 heavy (non-hydrogen) atoms. The van der Waals surface area contributed by atoms with Gasteiger partial charge in [0.25, 0.3) is 11.8 Å². The van der Waals surface area contributed by atoms with Crippen molar-refractivity contribution < 1.29 is 56.1 Å². The van der Waals surface area contributed by atoms with E-state index in [0.29, 0.717) is 49.2 Å². The third kappa shape index (κ3) is 10.0. The zero-order valence-electron chi connectivity index (χ0n) is 37.2. The zero-order chi connectivity index (χ0) is 46.3. The molecule has 2 aromatic rings. The van der Waals surface area contributed by atoms with Crippen molar-refractivity contribution in [2.45, 2.75) is 141 Å². The number of carbonyl (C=O) groups is 6. The molecule has 350 valence electrons. The topological polar surface area (TPSA) is 228 Å². The summed E-state index contributed by atoms with van der Waals surface area (Å²) >= 11 is 0. The summed E-state index contributed by atoms with van der Waals surface area (Å²) in [5, 5.41) is 7.70. The molecule has 4 fully saturated rings. The number of benzene rings is 2. The van der Waals surface area contributed by atoms with Gasteiger partial charge in [0.2, 0.25) is 28.6 Å². The Morgan fingerprint density at radius 1 is 0.938 bits per heavy atom. The average Bonchev–Trinajstić information content (AvgIpc) is 4.11. The van der Waals surface area contributed by atoms with E-state index in [2.05, 4.69) is 20.7 Å². The molecular weight excluding hydrogens is 861 g/mol. The molecule has 6 amide bonds. The Kier molecular flexibility index (Phi) is 12.8. The van der Waals surface area contributed by atoms with Crippen molar-refractivity contribution in [2.24, 2.45) is 11.3 Å². The van der Waals surface area contributed by atoms with E-state index in [1.54, 1.807) is 32.9 Å². The smallest absolute Gasteiger partial charge is 0.412 e. The van der Waals surface area contributed by atoms with Crippen LogP contribution in [-0.2, 0) is 58.4 Å². The number of rotatable bonds is 13. The van der Waals surface area contributed by atoms with Gasteiger partial charge in [-0.3, -0.25) is 34.1 Å². The summed E-state index contributed by atoms with van der Waals surface area (Å²) < 4.78 is 50.4. The maximum Gasteiger partial charge on any atom is 0.412 e. The largest absolute Gasteiger partial charge is 0.454 e. The molecule has 0 spiro atoms. The minimum Gasteiger partial charge on any atom is -0.454 e. The minimum absolute atomic E-state index is 0.00394. The van der Waals surface area contributed by atoms with Crippen LogP contribution in [0.2, 0.25) is 0 Å². The molecule has 0 radical (unpaired) electrons. The van der Waals surface area contributed by atoms with E-state index in [-0.39, 0.29) is 57.5 Å². The molecule has 0 bridgehead atoms. The van der Waals surface area contributed by atoms with Gasteiger partial charge < -0.3 is 34.5 Å². The second-order valence-electron chi connectivity index (χ2n) is 19.0. The molecule has 3 heterocycles. The van der Waals surface area contributed by atoms with E-state index in [1.165, 1.54) is 9.80 Å². The van der Waals surface area contributed by atoms with Crippen molar-refractivity contribution >= 4 is 45.8 Å². The number of nitrogens with zero attached hydrogens (tertiary/aromatic N) is 2. The maximum absolute atomic E-state index is 15.0. The predicted octanol–water partition coefficient (Wildman–Crippen LogP) is 4.41. The summed E-state index contributed by atoms with van der Waals surface area (Å²) in [6.45, 7) is 7.39. The SMILES string of the molecule is CC[C@H]1C[C@@]1(NC(=O)[C@@H]1C[C@@H](OC(=O)N2Cc3cc4c(cc3C2)OCO4)CN1C(=O)[C@@H](NC(=O)C(NC(=O)OCc1ccccc1)=C1CCCCC1)C(C)(C)C)C(=O)NS(=O)(=O)C1CC1. The number of hydrogen-bond acceptors (Lipinski definition) is 12. The number of nitrogens with one attached hydrogen (secondary N) is 4. The van der Waals surface area contributed by atoms with Crippen LogP contribution in [0.5, 0.6) is 11.5 Å². The first kappa shape index (κ1) is 45.7. The quantitative estimate of drug-likeness (QED) is 0.205. The first-order valence-corrected chi connectivity index (χ1v) is 24.1. The van der Waals surface area contributed by atoms with E-state index in [0.717, 1.165) is 36.0 Å². The van der Waals surface area contributed by atoms with Gasteiger partial charge in [0.05, 0.1) is 11.8 Å². The summed E-state index contributed by atoms with van der Waals surface area (Å²) in [5.41, 5.74) is 0.689. The van der Waals surface area contributed by atoms with E-state index >= 15 is 4.79 Å². The number of allylic oxidation sites excluding steroid dienone is 1. The van der Waals surface area contributed by atoms with Crippen molar-refractivity contribution in [2.75, 3.05) is 13.3 Å². The van der Waals surface area contributed by atoms with Gasteiger partial charge in [0, 0.05) is 19.5 Å². The lowest BCUT2D eigenvalue weighted by atomic mass is 9.85. The van der Waals surface area contributed by atoms with E-state index in [1.807, 2.05) is 37.3 Å². The van der Waals surface area contributed by atoms with Crippen LogP contribution in [0, 0.1) is 11.3 Å². The average molecular weight is 919 g/mol. The van der Waals surface area contributed by atoms with Crippen molar-refractivity contribution in [1.29, 1.82) is 0 Å². The molecule has 5 atom stereocenters. The first-order chi connectivity index (χ1) is 31.0. The van der Waals surface area contributed by atoms with E-state index < -0.39 is 80.2 Å². The fraction of sp³-hybridized carbons (Fsp3) is 0.565. The van der Waals surface area contributed by atoms with Crippen LogP contribution < -0.4 is 30.1 Å². The second kappa shape index (κ2) is 18.2. The number of alkyl carbamates (subject to hydrolysis) is 1. The second-order valence-corrected chi connectivity index (χ2v) is 21.0. The Morgan fingerprint density at radius 3 is 2.20 bits per heavy atom. The molecular formula is C46H58N6O12S. The minimum atomic E-state index is -3.94. The highest BCUT2D eigenvalue weighted by Crippen LogP contribution is 2.47. The summed E-state index contributed by atoms with van der Waals surface area (Å²) in [6.07, 6.45) is 2.56. The molecule has 4 N–H and O–H groups in total. The molecule has 0 unspecified atom stereocenters. The van der Waals surface area contributed by atoms with Gasteiger partial charge in [-0.15, -0.1) is 0 Å². The molecule has 2 aromatic carbocycles. The monoisotopic (exact) mass is 918 g/mol. The van der Waals surface area contributed by atoms with Gasteiger partial charge in [-0.25, -0.2) is 18.0 Å². The fourth-order valence-electron chi connectivity index (χ4n) is 9.22. The number of likely N-dealkylation sites (tertiary alicyclic amines) is 1. The zero-order valence-corrected chi connectivity index (χ0v) is 38.1. The molecule has 19 heteroatoms. The van der Waals surface area contributed by atoms with Gasteiger partial charge in [0.15, 0.2) is 11.5 Å². The number of sulfonamides is 1. The number of carbonyl (C=O) groups excluding carboxylic acids is 6. The van der Waals surface area contributed by atoms with E-state index in [9.17, 15) is 32.4 Å². The molecule has 0 aromatic heterocycles. The molecule has 6 aliphatic rings. The summed E-state index contributed by atoms with van der Waals surface area (Å²) in [6, 6.07) is 10.2. The first-order valence-electron chi connectivity index (χ1n) is 22.5. The van der Waals surface area contributed by atoms with Gasteiger partial charge in [-0.05, 0) is 90.7 Å². The van der Waals surface area contributed by atoms with Crippen LogP contribution in [0.4, 0.5) is 9.59 Å². The lowest BCUT2D eigenvalue weighted by Crippen LogP contribution is -2.60. The molecule has 3 saturated carbocycles. The Balaban J connectivity index is 1.03. The fourth-order valence-corrected chi connectivity index (χ4v) is 10.6. The van der Waals surface area contributed by atoms with Crippen LogP contribution >= 0.6 is 0 Å². The van der Waals surface area contributed by atoms with Crippen molar-refractivity contribution in [3.05, 3.63) is 70.4 Å². The molecule has 3 aliphatic carbocycles. The highest BCUT2D eigenvalue weighted by molar-refractivity contribution is 7.91. The Bertz CT molecular complexity index is 2340. The molecule has 8 rings (SSSR count). The van der Waals surface area contributed by atoms with Gasteiger partial charge in [0.1, 0.15) is 36.0 Å². The van der Waals surface area contributed by atoms with Crippen molar-refractivity contribution in [1.82, 2.24) is 30.5 Å². The van der Waals surface area contributed by atoms with Crippen LogP contribution in [0.3, 0.4) is 0 Å². The lowest BCUT2D eigenvalue weighted by Gasteiger charge is -2.36. The molecule has 18 nitrogen and oxygen atoms in total. The Labute approximate surface area is 378 Å². The molecule has 3 aliphatic heterocycles. The van der Waals surface area contributed by atoms with E-state index in [4.69, 9.17) is 18.9 Å². The third-order valence-corrected chi connectivity index (χ3v) is 15.0. The normalized spacial score (nSPS) is 23.8. The highest BCUT2D eigenvalue weighted by atomic mass is 32.2. The maximum atomic E-state index is 15.0. The third-order valence-electron chi connectivity index (χ3n) is 13.2. The number of amides is 6. The highest BCUT2D eigenvalue weighted by Gasteiger charge is 2.62. The summed E-state index contributed by atoms with van der Waals surface area (Å²) in [5.74, 6) is -2.15. The Morgan fingerprint density at radius 2 is 1.60 bits per heavy atom. The van der Waals surface area contributed by atoms with Crippen LogP contribution in [0.15, 0.2) is 53.7 Å². The van der Waals surface area contributed by atoms with Gasteiger partial charge in [-0.2, -0.15) is 0 Å². The van der Waals surface area contributed by atoms with Gasteiger partial charge >= 0.3 is 12.2 Å². The van der Waals surface area contributed by atoms with Crippen LogP contribution in [-0.4, -0.2) is 96.3 Å². The Hall–Kier alpha value is -5.85. The van der Waals surface area contributed by atoms with Gasteiger partial charge in [-0.1, -0.05) is 70.9 Å². The molecule has 1 saturated heterocycles. The van der Waals surface area contributed by atoms with Crippen LogP contribution in [0.1, 0.15) is 109 Å². The number of fused-ring (bicyclic) bond motifs is 2. The predicted molar refractivity (Wildman–Crippen MR) is 233 cm³/mol. The van der Waals surface area contributed by atoms with Crippen LogP contribution in [0.25, 0.3) is 0 Å². The van der Waals surface area contributed by atoms with Crippen molar-refractivity contribution in [3.8, 4) is 11.5 Å². The summed E-state index contributed by atoms with van der Waals surface area (Å²) in [7, 11) is -3.94. The van der Waals surface area contributed by atoms with Crippen molar-refractivity contribution in [3.63, 3.8) is 0 Å². The number of hydrogen-bond donors (Lipinski definition) is 4. The summed E-state index contributed by atoms with van der Waals surface area (Å²) in [4.78, 5) is 87.4. The standard InChI is InChI=1S/C46H58N6O12S/c1-5-31-21-46(31,42(56)50-65(59,60)33-16-17-33)49-39(53)34-20-32(64-44(58)51-22-29-18-35-36(63-26-62-35)19-30(29)23-51)24-52(34)41(55)38(45(2,3)4)48-40(54)37(28-14-10-7-11-15-28)47-43(57)61-25-27-12-8-6-9-13-27/h6,8-9,12-13,18-19,31-34,38H,5,7,10-11,14-17,20-26H2,1-4H3,(H,47,57)(H,48,54)(H,49,53)(H,50,56)/t31-,32+,34-,38+,46-/m0/s1. The lowest BCUT2D eigenvalue weighted by molar-refractivity contribution is -0.144.